The zero-order valence-corrected chi connectivity index (χ0v) is 18.3. The summed E-state index contributed by atoms with van der Waals surface area (Å²) in [7, 11) is -3.23. The molecule has 1 aliphatic heterocycles. The maximum Gasteiger partial charge on any atom is 0.261 e. The minimum atomic E-state index is -3.23. The van der Waals surface area contributed by atoms with E-state index in [1.54, 1.807) is 25.1 Å². The Kier molecular flexibility index (Phi) is 7.73. The smallest absolute Gasteiger partial charge is 0.261 e. The number of hydrogen-bond acceptors (Lipinski definition) is 5. The van der Waals surface area contributed by atoms with Crippen LogP contribution in [-0.4, -0.2) is 67.8 Å². The van der Waals surface area contributed by atoms with Crippen LogP contribution in [-0.2, 0) is 14.8 Å². The van der Waals surface area contributed by atoms with Gasteiger partial charge in [0.15, 0.2) is 0 Å². The first-order chi connectivity index (χ1) is 13.1. The van der Waals surface area contributed by atoms with Gasteiger partial charge in [0.1, 0.15) is 0 Å². The van der Waals surface area contributed by atoms with E-state index in [1.165, 1.54) is 4.31 Å². The third kappa shape index (κ3) is 5.62. The first kappa shape index (κ1) is 22.5. The molecule has 1 aromatic carbocycles. The third-order valence-electron chi connectivity index (χ3n) is 4.45. The molecule has 1 N–H and O–H groups in total. The van der Waals surface area contributed by atoms with E-state index in [1.807, 2.05) is 0 Å². The number of imide groups is 1. The molecular formula is C18H24BrN3O5S. The number of carbonyl (C=O) groups excluding carboxylic acids is 3. The third-order valence-corrected chi connectivity index (χ3v) is 6.32. The Labute approximate surface area is 173 Å². The summed E-state index contributed by atoms with van der Waals surface area (Å²) in [6.45, 7) is 3.04. The Balaban J connectivity index is 1.72. The van der Waals surface area contributed by atoms with Crippen LogP contribution in [0, 0.1) is 0 Å². The van der Waals surface area contributed by atoms with E-state index in [-0.39, 0.29) is 30.7 Å². The first-order valence-corrected chi connectivity index (χ1v) is 11.7. The van der Waals surface area contributed by atoms with Gasteiger partial charge in [0.2, 0.25) is 15.9 Å². The second kappa shape index (κ2) is 9.62. The summed E-state index contributed by atoms with van der Waals surface area (Å²) in [5.41, 5.74) is 0.749. The van der Waals surface area contributed by atoms with Crippen LogP contribution < -0.4 is 5.32 Å². The molecule has 0 spiro atoms. The monoisotopic (exact) mass is 473 g/mol. The molecule has 2 rings (SSSR count). The van der Waals surface area contributed by atoms with Gasteiger partial charge in [0.05, 0.1) is 17.4 Å². The number of benzene rings is 1. The van der Waals surface area contributed by atoms with Crippen LogP contribution in [0.3, 0.4) is 0 Å². The lowest BCUT2D eigenvalue weighted by molar-refractivity contribution is -0.121. The van der Waals surface area contributed by atoms with E-state index in [2.05, 4.69) is 21.2 Å². The first-order valence-electron chi connectivity index (χ1n) is 9.02. The van der Waals surface area contributed by atoms with Crippen LogP contribution in [0.5, 0.6) is 0 Å². The van der Waals surface area contributed by atoms with Crippen molar-refractivity contribution in [3.63, 3.8) is 0 Å². The van der Waals surface area contributed by atoms with E-state index in [9.17, 15) is 22.8 Å². The molecule has 1 aromatic rings. The number of amides is 3. The molecule has 0 atom stereocenters. The van der Waals surface area contributed by atoms with Gasteiger partial charge in [-0.1, -0.05) is 22.9 Å². The van der Waals surface area contributed by atoms with Crippen molar-refractivity contribution < 1.29 is 22.8 Å². The fraction of sp³-hybridized carbons (Fsp3) is 0.500. The highest BCUT2D eigenvalue weighted by molar-refractivity contribution is 9.10. The molecule has 0 unspecified atom stereocenters. The van der Waals surface area contributed by atoms with E-state index < -0.39 is 10.0 Å². The lowest BCUT2D eigenvalue weighted by Crippen LogP contribution is -2.34. The number of halogens is 1. The van der Waals surface area contributed by atoms with Crippen LogP contribution in [0.2, 0.25) is 0 Å². The Hall–Kier alpha value is -1.78. The second-order valence-electron chi connectivity index (χ2n) is 6.51. The predicted octanol–water partition coefficient (Wildman–Crippen LogP) is 1.61. The zero-order chi connectivity index (χ0) is 20.9. The van der Waals surface area contributed by atoms with Crippen molar-refractivity contribution in [1.29, 1.82) is 0 Å². The van der Waals surface area contributed by atoms with Gasteiger partial charge in [0, 0.05) is 37.1 Å². The molecule has 0 saturated heterocycles. The van der Waals surface area contributed by atoms with E-state index in [0.717, 1.165) is 15.6 Å². The average molecular weight is 474 g/mol. The number of carbonyl (C=O) groups is 3. The summed E-state index contributed by atoms with van der Waals surface area (Å²) < 4.78 is 25.0. The topological polar surface area (TPSA) is 104 Å². The Bertz CT molecular complexity index is 872. The van der Waals surface area contributed by atoms with Gasteiger partial charge in [-0.25, -0.2) is 12.7 Å². The molecule has 0 saturated carbocycles. The van der Waals surface area contributed by atoms with Crippen molar-refractivity contribution in [3.05, 3.63) is 33.8 Å². The lowest BCUT2D eigenvalue weighted by Gasteiger charge is -2.17. The van der Waals surface area contributed by atoms with Crippen molar-refractivity contribution in [2.45, 2.75) is 26.2 Å². The summed E-state index contributed by atoms with van der Waals surface area (Å²) in [6, 6.07) is 4.95. The molecule has 154 valence electrons. The number of nitrogens with one attached hydrogen (secondary N) is 1. The molecule has 3 amide bonds. The van der Waals surface area contributed by atoms with Crippen molar-refractivity contribution in [3.8, 4) is 0 Å². The zero-order valence-electron chi connectivity index (χ0n) is 15.9. The largest absolute Gasteiger partial charge is 0.356 e. The van der Waals surface area contributed by atoms with E-state index in [0.29, 0.717) is 43.6 Å². The molecule has 0 fully saturated rings. The maximum absolute atomic E-state index is 12.3. The number of rotatable bonds is 10. The minimum absolute atomic E-state index is 0.176. The van der Waals surface area contributed by atoms with Gasteiger partial charge in [-0.2, -0.15) is 0 Å². The van der Waals surface area contributed by atoms with Crippen molar-refractivity contribution >= 4 is 43.7 Å². The van der Waals surface area contributed by atoms with Gasteiger partial charge >= 0.3 is 0 Å². The Morgan fingerprint density at radius 2 is 1.86 bits per heavy atom. The Morgan fingerprint density at radius 3 is 2.50 bits per heavy atom. The molecule has 1 aliphatic rings. The van der Waals surface area contributed by atoms with Crippen molar-refractivity contribution in [2.24, 2.45) is 0 Å². The summed E-state index contributed by atoms with van der Waals surface area (Å²) in [4.78, 5) is 37.7. The summed E-state index contributed by atoms with van der Waals surface area (Å²) in [5.74, 6) is -0.878. The van der Waals surface area contributed by atoms with Gasteiger partial charge in [-0.05, 0) is 31.0 Å². The van der Waals surface area contributed by atoms with E-state index in [4.69, 9.17) is 0 Å². The molecule has 0 bridgehead atoms. The minimum Gasteiger partial charge on any atom is -0.356 e. The average Bonchev–Trinajstić information content (AvgIpc) is 2.85. The van der Waals surface area contributed by atoms with Gasteiger partial charge in [0.25, 0.3) is 11.8 Å². The highest BCUT2D eigenvalue weighted by Gasteiger charge is 2.35. The molecule has 8 nitrogen and oxygen atoms in total. The molecule has 10 heteroatoms. The fourth-order valence-electron chi connectivity index (χ4n) is 2.99. The molecule has 0 radical (unpaired) electrons. The van der Waals surface area contributed by atoms with Gasteiger partial charge in [-0.3, -0.25) is 19.3 Å². The molecule has 1 heterocycles. The van der Waals surface area contributed by atoms with E-state index >= 15 is 0 Å². The lowest BCUT2D eigenvalue weighted by atomic mass is 10.1. The molecule has 0 aromatic heterocycles. The van der Waals surface area contributed by atoms with Crippen LogP contribution in [0.25, 0.3) is 0 Å². The molecular weight excluding hydrogens is 450 g/mol. The second-order valence-corrected chi connectivity index (χ2v) is 9.41. The fourth-order valence-corrected chi connectivity index (χ4v) is 4.28. The van der Waals surface area contributed by atoms with Crippen molar-refractivity contribution in [1.82, 2.24) is 14.5 Å². The maximum atomic E-state index is 12.3. The quantitative estimate of drug-likeness (QED) is 0.410. The highest BCUT2D eigenvalue weighted by Crippen LogP contribution is 2.26. The van der Waals surface area contributed by atoms with Crippen LogP contribution in [0.4, 0.5) is 0 Å². The van der Waals surface area contributed by atoms with Crippen LogP contribution >= 0.6 is 15.9 Å². The summed E-state index contributed by atoms with van der Waals surface area (Å²) in [6.07, 6.45) is 2.22. The Morgan fingerprint density at radius 1 is 1.18 bits per heavy atom. The number of sulfonamides is 1. The van der Waals surface area contributed by atoms with Gasteiger partial charge < -0.3 is 5.32 Å². The normalized spacial score (nSPS) is 13.9. The molecule has 28 heavy (non-hydrogen) atoms. The number of fused-ring (bicyclic) bond motifs is 1. The van der Waals surface area contributed by atoms with Gasteiger partial charge in [-0.15, -0.1) is 0 Å². The van der Waals surface area contributed by atoms with Crippen molar-refractivity contribution in [2.75, 3.05) is 32.4 Å². The SMILES string of the molecule is CCN(CCCNC(=O)CCCN1C(=O)c2ccc(Br)cc2C1=O)S(C)(=O)=O. The number of nitrogens with zero attached hydrogens (tertiary/aromatic N) is 2. The molecule has 0 aliphatic carbocycles. The van der Waals surface area contributed by atoms with Crippen LogP contribution in [0.15, 0.2) is 22.7 Å². The standard InChI is InChI=1S/C18H24BrN3O5S/c1-3-21(28(2,26)27)10-5-9-20-16(23)6-4-11-22-17(24)14-8-7-13(19)12-15(14)18(22)25/h7-8,12H,3-6,9-11H2,1-2H3,(H,20,23). The summed E-state index contributed by atoms with van der Waals surface area (Å²) >= 11 is 3.29. The van der Waals surface area contributed by atoms with Crippen LogP contribution in [0.1, 0.15) is 46.9 Å². The number of hydrogen-bond donors (Lipinski definition) is 1. The summed E-state index contributed by atoms with van der Waals surface area (Å²) in [5, 5.41) is 2.73. The predicted molar refractivity (Wildman–Crippen MR) is 108 cm³/mol. The highest BCUT2D eigenvalue weighted by atomic mass is 79.9.